The zero-order valence-corrected chi connectivity index (χ0v) is 14.5. The van der Waals surface area contributed by atoms with E-state index < -0.39 is 5.82 Å². The highest BCUT2D eigenvalue weighted by molar-refractivity contribution is 5.95. The number of aryl methyl sites for hydroxylation is 1. The summed E-state index contributed by atoms with van der Waals surface area (Å²) in [6, 6.07) is 12.8. The first kappa shape index (κ1) is 18.4. The summed E-state index contributed by atoms with van der Waals surface area (Å²) < 4.78 is 14.5. The van der Waals surface area contributed by atoms with Crippen LogP contribution in [-0.2, 0) is 0 Å². The maximum Gasteiger partial charge on any atom is 0.256 e. The molecule has 0 bridgehead atoms. The smallest absolute Gasteiger partial charge is 0.256 e. The second-order valence-corrected chi connectivity index (χ2v) is 5.96. The minimum Gasteiger partial charge on any atom is -0.337 e. The third kappa shape index (κ3) is 4.13. The van der Waals surface area contributed by atoms with Gasteiger partial charge in [-0.05, 0) is 43.1 Å². The van der Waals surface area contributed by atoms with Crippen molar-refractivity contribution in [3.63, 3.8) is 0 Å². The van der Waals surface area contributed by atoms with Crippen molar-refractivity contribution < 1.29 is 9.18 Å². The van der Waals surface area contributed by atoms with Gasteiger partial charge in [-0.1, -0.05) is 35.9 Å². The number of rotatable bonds is 2. The van der Waals surface area contributed by atoms with Gasteiger partial charge in [-0.2, -0.15) is 0 Å². The summed E-state index contributed by atoms with van der Waals surface area (Å²) >= 11 is 0. The van der Waals surface area contributed by atoms with Crippen LogP contribution in [0.25, 0.3) is 11.1 Å². The predicted molar refractivity (Wildman–Crippen MR) is 97.2 cm³/mol. The van der Waals surface area contributed by atoms with Gasteiger partial charge in [-0.3, -0.25) is 4.79 Å². The molecule has 24 heavy (non-hydrogen) atoms. The number of amides is 1. The molecule has 1 aliphatic heterocycles. The summed E-state index contributed by atoms with van der Waals surface area (Å²) in [5, 5.41) is 3.25. The first-order valence-electron chi connectivity index (χ1n) is 8.02. The number of hydrogen-bond donors (Lipinski definition) is 1. The number of carbonyl (C=O) groups excluding carboxylic acids is 1. The standard InChI is InChI=1S/C19H21FN2O.ClH/c1-14-3-5-15(6-4-14)16-7-8-17(18(20)13-16)19(23)22-11-2-9-21-10-12-22;/h3-8,13,21H,2,9-12H2,1H3;1H. The van der Waals surface area contributed by atoms with Crippen molar-refractivity contribution in [2.75, 3.05) is 26.2 Å². The molecule has 0 saturated carbocycles. The second-order valence-electron chi connectivity index (χ2n) is 5.96. The highest BCUT2D eigenvalue weighted by Crippen LogP contribution is 2.23. The van der Waals surface area contributed by atoms with Crippen molar-refractivity contribution in [2.45, 2.75) is 13.3 Å². The van der Waals surface area contributed by atoms with E-state index in [1.807, 2.05) is 37.3 Å². The Morgan fingerprint density at radius 1 is 1.04 bits per heavy atom. The van der Waals surface area contributed by atoms with E-state index in [0.717, 1.165) is 36.2 Å². The number of carbonyl (C=O) groups is 1. The maximum absolute atomic E-state index is 14.5. The van der Waals surface area contributed by atoms with E-state index in [2.05, 4.69) is 5.32 Å². The monoisotopic (exact) mass is 348 g/mol. The molecular weight excluding hydrogens is 327 g/mol. The molecule has 0 aromatic heterocycles. The molecule has 1 saturated heterocycles. The summed E-state index contributed by atoms with van der Waals surface area (Å²) in [6.45, 7) is 4.97. The van der Waals surface area contributed by atoms with E-state index in [4.69, 9.17) is 0 Å². The lowest BCUT2D eigenvalue weighted by molar-refractivity contribution is 0.0761. The fraction of sp³-hybridized carbons (Fsp3) is 0.316. The first-order chi connectivity index (χ1) is 11.1. The lowest BCUT2D eigenvalue weighted by Crippen LogP contribution is -2.34. The highest BCUT2D eigenvalue weighted by atomic mass is 35.5. The molecule has 1 aliphatic rings. The Balaban J connectivity index is 0.00000208. The molecule has 1 heterocycles. The molecule has 5 heteroatoms. The largest absolute Gasteiger partial charge is 0.337 e. The van der Waals surface area contributed by atoms with Gasteiger partial charge < -0.3 is 10.2 Å². The molecule has 128 valence electrons. The summed E-state index contributed by atoms with van der Waals surface area (Å²) in [4.78, 5) is 14.3. The Kier molecular flexibility index (Phi) is 6.35. The zero-order chi connectivity index (χ0) is 16.2. The van der Waals surface area contributed by atoms with Crippen molar-refractivity contribution in [1.29, 1.82) is 0 Å². The molecule has 0 radical (unpaired) electrons. The van der Waals surface area contributed by atoms with Crippen molar-refractivity contribution >= 4 is 18.3 Å². The Hall–Kier alpha value is -1.91. The fourth-order valence-electron chi connectivity index (χ4n) is 2.83. The van der Waals surface area contributed by atoms with E-state index >= 15 is 0 Å². The average molecular weight is 349 g/mol. The minimum absolute atomic E-state index is 0. The number of benzene rings is 2. The van der Waals surface area contributed by atoms with Gasteiger partial charge in [0.05, 0.1) is 5.56 Å². The van der Waals surface area contributed by atoms with E-state index in [1.54, 1.807) is 11.0 Å². The normalized spacial score (nSPS) is 14.7. The van der Waals surface area contributed by atoms with Gasteiger partial charge in [0.1, 0.15) is 5.82 Å². The van der Waals surface area contributed by atoms with Crippen LogP contribution < -0.4 is 5.32 Å². The Morgan fingerprint density at radius 2 is 1.75 bits per heavy atom. The molecule has 1 N–H and O–H groups in total. The van der Waals surface area contributed by atoms with E-state index in [9.17, 15) is 9.18 Å². The van der Waals surface area contributed by atoms with Crippen LogP contribution in [0.5, 0.6) is 0 Å². The van der Waals surface area contributed by atoms with Crippen molar-refractivity contribution in [2.24, 2.45) is 0 Å². The molecule has 1 amide bonds. The molecular formula is C19H22ClFN2O. The van der Waals surface area contributed by atoms with Crippen LogP contribution in [-0.4, -0.2) is 37.0 Å². The van der Waals surface area contributed by atoms with E-state index in [-0.39, 0.29) is 23.9 Å². The van der Waals surface area contributed by atoms with Crippen LogP contribution in [0.1, 0.15) is 22.3 Å². The summed E-state index contributed by atoms with van der Waals surface area (Å²) in [5.41, 5.74) is 3.06. The minimum atomic E-state index is -0.453. The van der Waals surface area contributed by atoms with Crippen molar-refractivity contribution in [1.82, 2.24) is 10.2 Å². The molecule has 0 aliphatic carbocycles. The Bertz CT molecular complexity index is 695. The van der Waals surface area contributed by atoms with Crippen LogP contribution in [0.4, 0.5) is 4.39 Å². The van der Waals surface area contributed by atoms with Gasteiger partial charge in [0.15, 0.2) is 0 Å². The fourth-order valence-corrected chi connectivity index (χ4v) is 2.83. The van der Waals surface area contributed by atoms with Gasteiger partial charge in [0.25, 0.3) is 5.91 Å². The van der Waals surface area contributed by atoms with Gasteiger partial charge in [0, 0.05) is 19.6 Å². The lowest BCUT2D eigenvalue weighted by atomic mass is 10.0. The average Bonchev–Trinajstić information content (AvgIpc) is 2.84. The topological polar surface area (TPSA) is 32.3 Å². The van der Waals surface area contributed by atoms with Crippen LogP contribution in [0.3, 0.4) is 0 Å². The predicted octanol–water partition coefficient (Wildman–Crippen LogP) is 3.66. The van der Waals surface area contributed by atoms with Crippen LogP contribution in [0.15, 0.2) is 42.5 Å². The molecule has 0 atom stereocenters. The van der Waals surface area contributed by atoms with E-state index in [1.165, 1.54) is 6.07 Å². The SMILES string of the molecule is Cc1ccc(-c2ccc(C(=O)N3CCCNCC3)c(F)c2)cc1.Cl. The molecule has 0 unspecified atom stereocenters. The van der Waals surface area contributed by atoms with Gasteiger partial charge >= 0.3 is 0 Å². The zero-order valence-electron chi connectivity index (χ0n) is 13.7. The van der Waals surface area contributed by atoms with E-state index in [0.29, 0.717) is 13.1 Å². The first-order valence-corrected chi connectivity index (χ1v) is 8.02. The lowest BCUT2D eigenvalue weighted by Gasteiger charge is -2.20. The molecule has 2 aromatic rings. The molecule has 2 aromatic carbocycles. The van der Waals surface area contributed by atoms with Crippen LogP contribution >= 0.6 is 12.4 Å². The maximum atomic E-state index is 14.5. The summed E-state index contributed by atoms with van der Waals surface area (Å²) in [6.07, 6.45) is 0.898. The second kappa shape index (κ2) is 8.27. The van der Waals surface area contributed by atoms with Gasteiger partial charge in [0.2, 0.25) is 0 Å². The third-order valence-corrected chi connectivity index (χ3v) is 4.21. The number of hydrogen-bond acceptors (Lipinski definition) is 2. The highest BCUT2D eigenvalue weighted by Gasteiger charge is 2.20. The molecule has 0 spiro atoms. The number of halogens is 2. The van der Waals surface area contributed by atoms with Crippen LogP contribution in [0, 0.1) is 12.7 Å². The molecule has 3 rings (SSSR count). The Labute approximate surface area is 148 Å². The molecule has 1 fully saturated rings. The third-order valence-electron chi connectivity index (χ3n) is 4.21. The molecule has 3 nitrogen and oxygen atoms in total. The van der Waals surface area contributed by atoms with Crippen LogP contribution in [0.2, 0.25) is 0 Å². The number of nitrogens with zero attached hydrogens (tertiary/aromatic N) is 1. The van der Waals surface area contributed by atoms with Gasteiger partial charge in [-0.25, -0.2) is 4.39 Å². The quantitative estimate of drug-likeness (QED) is 0.898. The summed E-state index contributed by atoms with van der Waals surface area (Å²) in [5.74, 6) is -0.674. The van der Waals surface area contributed by atoms with Gasteiger partial charge in [-0.15, -0.1) is 12.4 Å². The Morgan fingerprint density at radius 3 is 2.46 bits per heavy atom. The van der Waals surface area contributed by atoms with Crippen molar-refractivity contribution in [3.05, 3.63) is 59.4 Å². The summed E-state index contributed by atoms with van der Waals surface area (Å²) in [7, 11) is 0. The van der Waals surface area contributed by atoms with Crippen molar-refractivity contribution in [3.8, 4) is 11.1 Å². The number of nitrogens with one attached hydrogen (secondary N) is 1.